The van der Waals surface area contributed by atoms with Crippen LogP contribution in [0.15, 0.2) is 48.5 Å². The largest absolute Gasteiger partial charge is 0.420 e. The molecule has 28 heavy (non-hydrogen) atoms. The molecule has 0 amide bonds. The summed E-state index contributed by atoms with van der Waals surface area (Å²) in [6, 6.07) is 11.9. The number of hydrogen-bond acceptors (Lipinski definition) is 2. The molecule has 0 spiro atoms. The van der Waals surface area contributed by atoms with E-state index in [1.165, 1.54) is 24.3 Å². The number of benzene rings is 3. The van der Waals surface area contributed by atoms with E-state index in [1.807, 2.05) is 0 Å². The molecule has 0 fully saturated rings. The highest BCUT2D eigenvalue weighted by Crippen LogP contribution is 2.29. The van der Waals surface area contributed by atoms with Crippen molar-refractivity contribution in [3.05, 3.63) is 89.0 Å². The first-order chi connectivity index (χ1) is 13.3. The molecule has 0 aliphatic heterocycles. The van der Waals surface area contributed by atoms with Crippen LogP contribution < -0.4 is 4.74 Å². The fourth-order valence-corrected chi connectivity index (χ4v) is 2.45. The van der Waals surface area contributed by atoms with Gasteiger partial charge in [0.05, 0.1) is 6.42 Å². The number of esters is 1. The van der Waals surface area contributed by atoms with Crippen LogP contribution >= 0.6 is 0 Å². The highest BCUT2D eigenvalue weighted by molar-refractivity contribution is 5.75. The van der Waals surface area contributed by atoms with Crippen LogP contribution in [-0.4, -0.2) is 5.97 Å². The molecule has 2 nitrogen and oxygen atoms in total. The predicted octanol–water partition coefficient (Wildman–Crippen LogP) is 5.34. The fourth-order valence-electron chi connectivity index (χ4n) is 2.45. The Balaban J connectivity index is 1.75. The lowest BCUT2D eigenvalue weighted by molar-refractivity contribution is -0.134. The van der Waals surface area contributed by atoms with Crippen molar-refractivity contribution in [1.82, 2.24) is 0 Å². The molecule has 0 unspecified atom stereocenters. The Hall–Kier alpha value is -3.29. The van der Waals surface area contributed by atoms with Crippen molar-refractivity contribution in [2.75, 3.05) is 0 Å². The molecule has 144 valence electrons. The summed E-state index contributed by atoms with van der Waals surface area (Å²) in [6.45, 7) is 0. The summed E-state index contributed by atoms with van der Waals surface area (Å²) in [6.07, 6.45) is -0.469. The molecular formula is C20H10F6O2. The van der Waals surface area contributed by atoms with Gasteiger partial charge in [0.1, 0.15) is 5.82 Å². The van der Waals surface area contributed by atoms with Crippen LogP contribution in [0.4, 0.5) is 26.3 Å². The lowest BCUT2D eigenvalue weighted by atomic mass is 10.0. The van der Waals surface area contributed by atoms with Crippen molar-refractivity contribution in [3.8, 4) is 16.9 Å². The van der Waals surface area contributed by atoms with E-state index in [4.69, 9.17) is 0 Å². The third kappa shape index (κ3) is 3.85. The van der Waals surface area contributed by atoms with Crippen molar-refractivity contribution >= 4 is 5.97 Å². The van der Waals surface area contributed by atoms with E-state index >= 15 is 0 Å². The van der Waals surface area contributed by atoms with Gasteiger partial charge in [-0.3, -0.25) is 4.79 Å². The van der Waals surface area contributed by atoms with E-state index in [1.54, 1.807) is 24.3 Å². The first kappa shape index (κ1) is 19.5. The number of carbonyl (C=O) groups is 1. The Kier molecular flexibility index (Phi) is 5.39. The molecular weight excluding hydrogens is 386 g/mol. The van der Waals surface area contributed by atoms with Crippen LogP contribution in [0.25, 0.3) is 11.1 Å². The molecule has 0 saturated heterocycles. The minimum absolute atomic E-state index is 0.375. The van der Waals surface area contributed by atoms with E-state index in [0.29, 0.717) is 5.56 Å². The minimum atomic E-state index is -2.34. The van der Waals surface area contributed by atoms with Gasteiger partial charge in [-0.2, -0.15) is 8.78 Å². The molecule has 0 atom stereocenters. The number of hydrogen-bond donors (Lipinski definition) is 0. The summed E-state index contributed by atoms with van der Waals surface area (Å²) >= 11 is 0. The molecule has 0 heterocycles. The highest BCUT2D eigenvalue weighted by atomic mass is 19.2. The van der Waals surface area contributed by atoms with Gasteiger partial charge >= 0.3 is 5.97 Å². The second-order valence-electron chi connectivity index (χ2n) is 5.75. The van der Waals surface area contributed by atoms with E-state index in [-0.39, 0.29) is 0 Å². The second kappa shape index (κ2) is 7.75. The summed E-state index contributed by atoms with van der Waals surface area (Å²) in [4.78, 5) is 11.9. The molecule has 0 radical (unpaired) electrons. The zero-order chi connectivity index (χ0) is 20.4. The first-order valence-electron chi connectivity index (χ1n) is 7.85. The topological polar surface area (TPSA) is 26.3 Å². The standard InChI is InChI=1S/C20H10F6O2/c21-13-7-5-12(6-8-13)11-3-1-10(2-4-11)9-14(27)28-20-18(25)16(23)15(22)17(24)19(20)26/h1-8H,9H2. The molecule has 8 heteroatoms. The Morgan fingerprint density at radius 3 is 1.57 bits per heavy atom. The fraction of sp³-hybridized carbons (Fsp3) is 0.0500. The van der Waals surface area contributed by atoms with Gasteiger partial charge in [-0.15, -0.1) is 0 Å². The van der Waals surface area contributed by atoms with E-state index in [2.05, 4.69) is 4.74 Å². The number of ether oxygens (including phenoxy) is 1. The second-order valence-corrected chi connectivity index (χ2v) is 5.75. The summed E-state index contributed by atoms with van der Waals surface area (Å²) in [5.74, 6) is -14.5. The van der Waals surface area contributed by atoms with Gasteiger partial charge in [0.25, 0.3) is 0 Å². The Morgan fingerprint density at radius 1 is 0.643 bits per heavy atom. The zero-order valence-electron chi connectivity index (χ0n) is 13.9. The molecule has 0 aliphatic rings. The highest BCUT2D eigenvalue weighted by Gasteiger charge is 2.28. The zero-order valence-corrected chi connectivity index (χ0v) is 13.9. The van der Waals surface area contributed by atoms with E-state index in [0.717, 1.165) is 11.1 Å². The van der Waals surface area contributed by atoms with Gasteiger partial charge < -0.3 is 4.74 Å². The Morgan fingerprint density at radius 2 is 1.07 bits per heavy atom. The van der Waals surface area contributed by atoms with Crippen LogP contribution in [0.5, 0.6) is 5.75 Å². The minimum Gasteiger partial charge on any atom is -0.420 e. The van der Waals surface area contributed by atoms with E-state index in [9.17, 15) is 31.1 Å². The molecule has 0 N–H and O–H groups in total. The number of halogens is 6. The molecule has 0 bridgehead atoms. The van der Waals surface area contributed by atoms with Crippen molar-refractivity contribution in [2.45, 2.75) is 6.42 Å². The first-order valence-corrected chi connectivity index (χ1v) is 7.85. The number of rotatable bonds is 4. The maximum Gasteiger partial charge on any atom is 0.315 e. The van der Waals surface area contributed by atoms with Gasteiger partial charge in [-0.1, -0.05) is 36.4 Å². The normalized spacial score (nSPS) is 10.8. The van der Waals surface area contributed by atoms with Crippen LogP contribution in [0.3, 0.4) is 0 Å². The Labute approximate surface area is 155 Å². The summed E-state index contributed by atoms with van der Waals surface area (Å²) in [5.41, 5.74) is 1.81. The predicted molar refractivity (Wildman–Crippen MR) is 87.4 cm³/mol. The SMILES string of the molecule is O=C(Cc1ccc(-c2ccc(F)cc2)cc1)Oc1c(F)c(F)c(F)c(F)c1F. The van der Waals surface area contributed by atoms with Crippen molar-refractivity contribution < 1.29 is 35.9 Å². The lowest BCUT2D eigenvalue weighted by Gasteiger charge is -2.09. The Bertz CT molecular complexity index is 1000. The van der Waals surface area contributed by atoms with Crippen LogP contribution in [-0.2, 0) is 11.2 Å². The quantitative estimate of drug-likeness (QED) is 0.196. The number of carbonyl (C=O) groups excluding carboxylic acids is 1. The van der Waals surface area contributed by atoms with Crippen LogP contribution in [0, 0.1) is 34.9 Å². The lowest BCUT2D eigenvalue weighted by Crippen LogP contribution is -2.15. The molecule has 0 saturated carbocycles. The maximum absolute atomic E-state index is 13.5. The maximum atomic E-state index is 13.5. The van der Waals surface area contributed by atoms with Crippen molar-refractivity contribution in [1.29, 1.82) is 0 Å². The third-order valence-corrected chi connectivity index (χ3v) is 3.87. The van der Waals surface area contributed by atoms with Gasteiger partial charge in [-0.05, 0) is 28.8 Å². The van der Waals surface area contributed by atoms with Crippen LogP contribution in [0.1, 0.15) is 5.56 Å². The molecule has 3 rings (SSSR count). The average Bonchev–Trinajstić information content (AvgIpc) is 2.69. The van der Waals surface area contributed by atoms with Gasteiger partial charge in [0, 0.05) is 0 Å². The molecule has 0 aromatic heterocycles. The molecule has 0 aliphatic carbocycles. The van der Waals surface area contributed by atoms with Crippen molar-refractivity contribution in [3.63, 3.8) is 0 Å². The van der Waals surface area contributed by atoms with Gasteiger partial charge in [0.15, 0.2) is 0 Å². The average molecular weight is 396 g/mol. The summed E-state index contributed by atoms with van der Waals surface area (Å²) in [5, 5.41) is 0. The van der Waals surface area contributed by atoms with E-state index < -0.39 is 53.0 Å². The summed E-state index contributed by atoms with van der Waals surface area (Å²) < 4.78 is 83.6. The van der Waals surface area contributed by atoms with Crippen molar-refractivity contribution in [2.24, 2.45) is 0 Å². The van der Waals surface area contributed by atoms with Gasteiger partial charge in [-0.25, -0.2) is 17.6 Å². The smallest absolute Gasteiger partial charge is 0.315 e. The molecule has 3 aromatic carbocycles. The summed E-state index contributed by atoms with van der Waals surface area (Å²) in [7, 11) is 0. The van der Waals surface area contributed by atoms with Gasteiger partial charge in [0.2, 0.25) is 34.8 Å². The van der Waals surface area contributed by atoms with Crippen LogP contribution in [0.2, 0.25) is 0 Å². The third-order valence-electron chi connectivity index (χ3n) is 3.87. The molecule has 3 aromatic rings. The monoisotopic (exact) mass is 396 g/mol.